The van der Waals surface area contributed by atoms with E-state index in [4.69, 9.17) is 16.3 Å². The first-order chi connectivity index (χ1) is 9.65. The zero-order valence-corrected chi connectivity index (χ0v) is 12.9. The molecular weight excluding hydrogens is 340 g/mol. The van der Waals surface area contributed by atoms with Gasteiger partial charge in [0, 0.05) is 15.2 Å². The predicted molar refractivity (Wildman–Crippen MR) is 83.5 cm³/mol. The Bertz CT molecular complexity index is 792. The van der Waals surface area contributed by atoms with Crippen LogP contribution in [0.25, 0.3) is 10.8 Å². The Morgan fingerprint density at radius 1 is 1.05 bits per heavy atom. The van der Waals surface area contributed by atoms with Crippen molar-refractivity contribution in [3.63, 3.8) is 0 Å². The molecule has 20 heavy (non-hydrogen) atoms. The van der Waals surface area contributed by atoms with E-state index in [0.29, 0.717) is 11.0 Å². The summed E-state index contributed by atoms with van der Waals surface area (Å²) in [7, 11) is 0. The first-order valence-electron chi connectivity index (χ1n) is 6.00. The second-order valence-electron chi connectivity index (χ2n) is 4.35. The fraction of sp³-hybridized carbons (Fsp3) is 0.0667. The van der Waals surface area contributed by atoms with Crippen molar-refractivity contribution in [3.8, 4) is 11.6 Å². The van der Waals surface area contributed by atoms with Crippen molar-refractivity contribution in [2.75, 3.05) is 0 Å². The average molecular weight is 350 g/mol. The summed E-state index contributed by atoms with van der Waals surface area (Å²) >= 11 is 9.49. The molecule has 0 saturated carbocycles. The highest BCUT2D eigenvalue weighted by Crippen LogP contribution is 2.32. The molecular formula is C15H10BrClN2O. The van der Waals surface area contributed by atoms with Crippen molar-refractivity contribution in [3.05, 3.63) is 57.7 Å². The number of aromatic nitrogens is 2. The summed E-state index contributed by atoms with van der Waals surface area (Å²) in [4.78, 5) is 0. The first kappa shape index (κ1) is 13.3. The molecule has 0 radical (unpaired) electrons. The number of nitrogens with zero attached hydrogens (tertiary/aromatic N) is 2. The van der Waals surface area contributed by atoms with Gasteiger partial charge in [-0.25, -0.2) is 0 Å². The second kappa shape index (κ2) is 5.38. The quantitative estimate of drug-likeness (QED) is 0.642. The summed E-state index contributed by atoms with van der Waals surface area (Å²) in [5.41, 5.74) is 1.02. The number of fused-ring (bicyclic) bond motifs is 1. The molecule has 0 bridgehead atoms. The van der Waals surface area contributed by atoms with Crippen LogP contribution < -0.4 is 4.74 Å². The van der Waals surface area contributed by atoms with Gasteiger partial charge in [-0.1, -0.05) is 51.8 Å². The Morgan fingerprint density at radius 2 is 1.80 bits per heavy atom. The van der Waals surface area contributed by atoms with Gasteiger partial charge < -0.3 is 4.74 Å². The van der Waals surface area contributed by atoms with Gasteiger partial charge >= 0.3 is 0 Å². The minimum Gasteiger partial charge on any atom is -0.437 e. The zero-order chi connectivity index (χ0) is 14.1. The fourth-order valence-corrected chi connectivity index (χ4v) is 2.45. The summed E-state index contributed by atoms with van der Waals surface area (Å²) in [5, 5.41) is 10.0. The maximum atomic E-state index is 6.05. The Kier molecular flexibility index (Phi) is 3.59. The monoisotopic (exact) mass is 348 g/mol. The van der Waals surface area contributed by atoms with E-state index < -0.39 is 0 Å². The van der Waals surface area contributed by atoms with Crippen LogP contribution >= 0.6 is 27.5 Å². The SMILES string of the molecule is Cc1ccc(Br)cc1Oc1nnc(Cl)c2ccccc12. The Labute approximate surface area is 129 Å². The molecule has 5 heteroatoms. The van der Waals surface area contributed by atoms with Crippen LogP contribution in [0, 0.1) is 6.92 Å². The normalized spacial score (nSPS) is 10.8. The van der Waals surface area contributed by atoms with E-state index in [-0.39, 0.29) is 0 Å². The van der Waals surface area contributed by atoms with Gasteiger partial charge in [0.2, 0.25) is 5.88 Å². The maximum Gasteiger partial charge on any atom is 0.246 e. The van der Waals surface area contributed by atoms with Crippen LogP contribution in [0.2, 0.25) is 5.15 Å². The van der Waals surface area contributed by atoms with E-state index in [1.165, 1.54) is 0 Å². The third kappa shape index (κ3) is 2.49. The third-order valence-corrected chi connectivity index (χ3v) is 3.74. The third-order valence-electron chi connectivity index (χ3n) is 2.97. The molecule has 0 atom stereocenters. The highest BCUT2D eigenvalue weighted by molar-refractivity contribution is 9.10. The molecule has 0 aliphatic heterocycles. The standard InChI is InChI=1S/C15H10BrClN2O/c1-9-6-7-10(16)8-13(9)20-15-12-5-3-2-4-11(12)14(17)18-19-15/h2-8H,1H3. The number of rotatable bonds is 2. The fourth-order valence-electron chi connectivity index (χ4n) is 1.91. The predicted octanol–water partition coefficient (Wildman–Crippen LogP) is 5.15. The van der Waals surface area contributed by atoms with Crippen molar-refractivity contribution in [2.24, 2.45) is 0 Å². The number of benzene rings is 2. The lowest BCUT2D eigenvalue weighted by Crippen LogP contribution is -1.94. The smallest absolute Gasteiger partial charge is 0.246 e. The van der Waals surface area contributed by atoms with Gasteiger partial charge in [0.1, 0.15) is 5.75 Å². The molecule has 0 aliphatic rings. The average Bonchev–Trinajstić information content (AvgIpc) is 2.46. The molecule has 0 saturated heterocycles. The molecule has 0 fully saturated rings. The molecule has 1 aromatic heterocycles. The highest BCUT2D eigenvalue weighted by atomic mass is 79.9. The molecule has 3 nitrogen and oxygen atoms in total. The van der Waals surface area contributed by atoms with Crippen molar-refractivity contribution >= 4 is 38.3 Å². The van der Waals surface area contributed by atoms with Crippen LogP contribution in [0.5, 0.6) is 11.6 Å². The summed E-state index contributed by atoms with van der Waals surface area (Å²) in [5.74, 6) is 1.19. The van der Waals surface area contributed by atoms with Gasteiger partial charge in [0.25, 0.3) is 0 Å². The molecule has 2 aromatic carbocycles. The van der Waals surface area contributed by atoms with Crippen LogP contribution in [-0.4, -0.2) is 10.2 Å². The van der Waals surface area contributed by atoms with E-state index in [0.717, 1.165) is 26.6 Å². The van der Waals surface area contributed by atoms with E-state index in [1.54, 1.807) is 0 Å². The number of hydrogen-bond donors (Lipinski definition) is 0. The first-order valence-corrected chi connectivity index (χ1v) is 7.17. The van der Waals surface area contributed by atoms with Crippen LogP contribution in [0.3, 0.4) is 0 Å². The van der Waals surface area contributed by atoms with Crippen LogP contribution in [0.4, 0.5) is 0 Å². The molecule has 3 rings (SSSR count). The molecule has 0 unspecified atom stereocenters. The van der Waals surface area contributed by atoms with E-state index in [1.807, 2.05) is 49.4 Å². The summed E-state index contributed by atoms with van der Waals surface area (Å²) in [6, 6.07) is 13.5. The zero-order valence-electron chi connectivity index (χ0n) is 10.6. The van der Waals surface area contributed by atoms with E-state index in [2.05, 4.69) is 26.1 Å². The topological polar surface area (TPSA) is 35.0 Å². The van der Waals surface area contributed by atoms with Crippen LogP contribution in [0.15, 0.2) is 46.9 Å². The lowest BCUT2D eigenvalue weighted by Gasteiger charge is -2.10. The number of halogens is 2. The summed E-state index contributed by atoms with van der Waals surface area (Å²) in [6.07, 6.45) is 0. The minimum atomic E-state index is 0.374. The molecule has 0 aliphatic carbocycles. The molecule has 0 amide bonds. The second-order valence-corrected chi connectivity index (χ2v) is 5.63. The van der Waals surface area contributed by atoms with Gasteiger partial charge in [-0.05, 0) is 30.7 Å². The number of hydrogen-bond acceptors (Lipinski definition) is 3. The number of aryl methyl sites for hydroxylation is 1. The maximum absolute atomic E-state index is 6.05. The largest absolute Gasteiger partial charge is 0.437 e. The molecule has 1 heterocycles. The molecule has 100 valence electrons. The lowest BCUT2D eigenvalue weighted by molar-refractivity contribution is 0.458. The molecule has 3 aromatic rings. The summed E-state index contributed by atoms with van der Waals surface area (Å²) < 4.78 is 6.84. The Hall–Kier alpha value is -1.65. The minimum absolute atomic E-state index is 0.374. The Morgan fingerprint density at radius 3 is 2.60 bits per heavy atom. The van der Waals surface area contributed by atoms with Gasteiger partial charge in [-0.3, -0.25) is 0 Å². The lowest BCUT2D eigenvalue weighted by atomic mass is 10.2. The van der Waals surface area contributed by atoms with Crippen molar-refractivity contribution in [2.45, 2.75) is 6.92 Å². The van der Waals surface area contributed by atoms with Crippen LogP contribution in [0.1, 0.15) is 5.56 Å². The molecule has 0 N–H and O–H groups in total. The van der Waals surface area contributed by atoms with Crippen molar-refractivity contribution in [1.82, 2.24) is 10.2 Å². The van der Waals surface area contributed by atoms with Gasteiger partial charge in [0.15, 0.2) is 5.15 Å². The Balaban J connectivity index is 2.11. The highest BCUT2D eigenvalue weighted by Gasteiger charge is 2.10. The van der Waals surface area contributed by atoms with Crippen molar-refractivity contribution < 1.29 is 4.74 Å². The van der Waals surface area contributed by atoms with Crippen LogP contribution in [-0.2, 0) is 0 Å². The summed E-state index contributed by atoms with van der Waals surface area (Å²) in [6.45, 7) is 1.98. The van der Waals surface area contributed by atoms with Crippen molar-refractivity contribution in [1.29, 1.82) is 0 Å². The molecule has 0 spiro atoms. The number of ether oxygens (including phenoxy) is 1. The van der Waals surface area contributed by atoms with E-state index in [9.17, 15) is 0 Å². The van der Waals surface area contributed by atoms with E-state index >= 15 is 0 Å². The van der Waals surface area contributed by atoms with Gasteiger partial charge in [0.05, 0.1) is 0 Å². The van der Waals surface area contributed by atoms with Gasteiger partial charge in [-0.15, -0.1) is 10.2 Å². The van der Waals surface area contributed by atoms with Gasteiger partial charge in [-0.2, -0.15) is 0 Å².